The second kappa shape index (κ2) is 8.24. The molecular weight excluding hydrogens is 246 g/mol. The van der Waals surface area contributed by atoms with Gasteiger partial charge in [0.2, 0.25) is 5.91 Å². The van der Waals surface area contributed by atoms with Crippen LogP contribution in [0.15, 0.2) is 0 Å². The van der Waals surface area contributed by atoms with Gasteiger partial charge in [0.25, 0.3) is 0 Å². The van der Waals surface area contributed by atoms with Gasteiger partial charge < -0.3 is 10.1 Å². The Kier molecular flexibility index (Phi) is 8.18. The van der Waals surface area contributed by atoms with E-state index in [1.165, 1.54) is 0 Å². The van der Waals surface area contributed by atoms with Gasteiger partial charge in [0, 0.05) is 18.4 Å². The van der Waals surface area contributed by atoms with E-state index in [4.69, 9.17) is 4.74 Å². The Bertz CT molecular complexity index is 158. The van der Waals surface area contributed by atoms with Gasteiger partial charge in [-0.15, -0.1) is 0 Å². The molecule has 0 aliphatic heterocycles. The highest BCUT2D eigenvalue weighted by molar-refractivity contribution is 9.09. The molecule has 84 valence electrons. The van der Waals surface area contributed by atoms with E-state index in [2.05, 4.69) is 21.2 Å². The maximum atomic E-state index is 11.6. The van der Waals surface area contributed by atoms with E-state index in [9.17, 15) is 4.79 Å². The largest absolute Gasteiger partial charge is 0.383 e. The Labute approximate surface area is 94.7 Å². The van der Waals surface area contributed by atoms with Gasteiger partial charge in [-0.2, -0.15) is 0 Å². The SMILES string of the molecule is CCC(C)C(=O)NC(CCBr)COC. The molecule has 0 radical (unpaired) electrons. The normalized spacial score (nSPS) is 14.9. The smallest absolute Gasteiger partial charge is 0.223 e. The van der Waals surface area contributed by atoms with E-state index in [0.29, 0.717) is 6.61 Å². The summed E-state index contributed by atoms with van der Waals surface area (Å²) < 4.78 is 5.04. The molecule has 0 saturated carbocycles. The Morgan fingerprint density at radius 1 is 1.57 bits per heavy atom. The van der Waals surface area contributed by atoms with Crippen LogP contribution < -0.4 is 5.32 Å². The lowest BCUT2D eigenvalue weighted by atomic mass is 10.1. The van der Waals surface area contributed by atoms with Crippen molar-refractivity contribution >= 4 is 21.8 Å². The summed E-state index contributed by atoms with van der Waals surface area (Å²) in [5.74, 6) is 0.209. The Morgan fingerprint density at radius 2 is 2.21 bits per heavy atom. The fourth-order valence-corrected chi connectivity index (χ4v) is 1.61. The molecule has 0 aliphatic carbocycles. The van der Waals surface area contributed by atoms with Crippen LogP contribution in [0, 0.1) is 5.92 Å². The molecule has 0 aromatic carbocycles. The van der Waals surface area contributed by atoms with Crippen molar-refractivity contribution < 1.29 is 9.53 Å². The van der Waals surface area contributed by atoms with Crippen LogP contribution in [0.5, 0.6) is 0 Å². The van der Waals surface area contributed by atoms with Crippen molar-refractivity contribution in [3.63, 3.8) is 0 Å². The maximum absolute atomic E-state index is 11.6. The zero-order valence-corrected chi connectivity index (χ0v) is 10.8. The third-order valence-electron chi connectivity index (χ3n) is 2.23. The monoisotopic (exact) mass is 265 g/mol. The van der Waals surface area contributed by atoms with Crippen molar-refractivity contribution in [1.29, 1.82) is 0 Å². The number of hydrogen-bond acceptors (Lipinski definition) is 2. The van der Waals surface area contributed by atoms with Crippen LogP contribution in [-0.2, 0) is 9.53 Å². The average molecular weight is 266 g/mol. The number of hydrogen-bond donors (Lipinski definition) is 1. The first-order valence-corrected chi connectivity index (χ1v) is 6.13. The van der Waals surface area contributed by atoms with Crippen molar-refractivity contribution in [2.45, 2.75) is 32.7 Å². The highest BCUT2D eigenvalue weighted by atomic mass is 79.9. The fraction of sp³-hybridized carbons (Fsp3) is 0.900. The van der Waals surface area contributed by atoms with E-state index >= 15 is 0 Å². The van der Waals surface area contributed by atoms with Gasteiger partial charge in [-0.25, -0.2) is 0 Å². The number of carbonyl (C=O) groups is 1. The molecule has 2 unspecified atom stereocenters. The van der Waals surface area contributed by atoms with E-state index in [1.807, 2.05) is 13.8 Å². The lowest BCUT2D eigenvalue weighted by Gasteiger charge is -2.19. The topological polar surface area (TPSA) is 38.3 Å². The van der Waals surface area contributed by atoms with Crippen molar-refractivity contribution in [2.75, 3.05) is 19.0 Å². The van der Waals surface area contributed by atoms with Crippen molar-refractivity contribution in [3.8, 4) is 0 Å². The van der Waals surface area contributed by atoms with Crippen LogP contribution in [0.4, 0.5) is 0 Å². The van der Waals surface area contributed by atoms with Gasteiger partial charge in [-0.3, -0.25) is 4.79 Å². The van der Waals surface area contributed by atoms with Gasteiger partial charge in [-0.1, -0.05) is 29.8 Å². The fourth-order valence-electron chi connectivity index (χ4n) is 1.06. The molecule has 4 heteroatoms. The summed E-state index contributed by atoms with van der Waals surface area (Å²) in [5.41, 5.74) is 0. The van der Waals surface area contributed by atoms with E-state index in [0.717, 1.165) is 18.2 Å². The standard InChI is InChI=1S/C10H20BrNO2/c1-4-8(2)10(13)12-9(5-6-11)7-14-3/h8-9H,4-7H2,1-3H3,(H,12,13). The molecule has 2 atom stereocenters. The lowest BCUT2D eigenvalue weighted by Crippen LogP contribution is -2.40. The highest BCUT2D eigenvalue weighted by Gasteiger charge is 2.15. The van der Waals surface area contributed by atoms with Gasteiger partial charge in [0.05, 0.1) is 12.6 Å². The number of halogens is 1. The molecule has 0 spiro atoms. The van der Waals surface area contributed by atoms with Gasteiger partial charge in [0.1, 0.15) is 0 Å². The number of methoxy groups -OCH3 is 1. The van der Waals surface area contributed by atoms with Crippen molar-refractivity contribution in [3.05, 3.63) is 0 Å². The van der Waals surface area contributed by atoms with Gasteiger partial charge in [-0.05, 0) is 12.8 Å². The molecule has 0 aliphatic rings. The quantitative estimate of drug-likeness (QED) is 0.715. The van der Waals surface area contributed by atoms with Crippen molar-refractivity contribution in [2.24, 2.45) is 5.92 Å². The predicted molar refractivity (Wildman–Crippen MR) is 61.7 cm³/mol. The van der Waals surface area contributed by atoms with Crippen LogP contribution in [0.3, 0.4) is 0 Å². The average Bonchev–Trinajstić information content (AvgIpc) is 2.17. The number of alkyl halides is 1. The second-order valence-corrected chi connectivity index (χ2v) is 4.24. The van der Waals surface area contributed by atoms with Crippen LogP contribution in [0.25, 0.3) is 0 Å². The number of amides is 1. The third-order valence-corrected chi connectivity index (χ3v) is 2.69. The van der Waals surface area contributed by atoms with Gasteiger partial charge in [0.15, 0.2) is 0 Å². The number of ether oxygens (including phenoxy) is 1. The minimum atomic E-state index is 0.0877. The van der Waals surface area contributed by atoms with Crippen LogP contribution in [-0.4, -0.2) is 31.0 Å². The number of rotatable bonds is 7. The number of carbonyl (C=O) groups excluding carboxylic acids is 1. The van der Waals surface area contributed by atoms with E-state index in [1.54, 1.807) is 7.11 Å². The Hall–Kier alpha value is -0.0900. The molecule has 0 fully saturated rings. The lowest BCUT2D eigenvalue weighted by molar-refractivity contribution is -0.125. The Balaban J connectivity index is 3.94. The first-order chi connectivity index (χ1) is 6.65. The molecule has 0 aromatic heterocycles. The Morgan fingerprint density at radius 3 is 2.64 bits per heavy atom. The van der Waals surface area contributed by atoms with E-state index < -0.39 is 0 Å². The molecule has 0 rings (SSSR count). The molecule has 1 amide bonds. The summed E-state index contributed by atoms with van der Waals surface area (Å²) in [5, 5.41) is 3.85. The van der Waals surface area contributed by atoms with E-state index in [-0.39, 0.29) is 17.9 Å². The summed E-state index contributed by atoms with van der Waals surface area (Å²) in [4.78, 5) is 11.6. The zero-order valence-electron chi connectivity index (χ0n) is 9.18. The van der Waals surface area contributed by atoms with Gasteiger partial charge >= 0.3 is 0 Å². The summed E-state index contributed by atoms with van der Waals surface area (Å²) in [6, 6.07) is 0.126. The molecule has 0 heterocycles. The predicted octanol–water partition coefficient (Wildman–Crippen LogP) is 1.95. The molecule has 1 N–H and O–H groups in total. The minimum absolute atomic E-state index is 0.0877. The maximum Gasteiger partial charge on any atom is 0.223 e. The summed E-state index contributed by atoms with van der Waals surface area (Å²) in [7, 11) is 1.65. The highest BCUT2D eigenvalue weighted by Crippen LogP contribution is 2.03. The molecule has 0 bridgehead atoms. The first kappa shape index (κ1) is 13.9. The van der Waals surface area contributed by atoms with Crippen LogP contribution >= 0.6 is 15.9 Å². The van der Waals surface area contributed by atoms with Crippen LogP contribution in [0.1, 0.15) is 26.7 Å². The summed E-state index contributed by atoms with van der Waals surface area (Å²) in [6.45, 7) is 4.53. The molecule has 0 aromatic rings. The molecule has 14 heavy (non-hydrogen) atoms. The second-order valence-electron chi connectivity index (χ2n) is 3.45. The first-order valence-electron chi connectivity index (χ1n) is 5.00. The zero-order chi connectivity index (χ0) is 11.0. The van der Waals surface area contributed by atoms with Crippen LogP contribution in [0.2, 0.25) is 0 Å². The minimum Gasteiger partial charge on any atom is -0.383 e. The van der Waals surface area contributed by atoms with Crippen molar-refractivity contribution in [1.82, 2.24) is 5.32 Å². The number of nitrogens with one attached hydrogen (secondary N) is 1. The molecular formula is C10H20BrNO2. The summed E-state index contributed by atoms with van der Waals surface area (Å²) in [6.07, 6.45) is 1.77. The molecule has 0 saturated heterocycles. The summed E-state index contributed by atoms with van der Waals surface area (Å²) >= 11 is 3.36. The third kappa shape index (κ3) is 5.60. The molecule has 3 nitrogen and oxygen atoms in total.